The van der Waals surface area contributed by atoms with Gasteiger partial charge in [-0.15, -0.1) is 5.10 Å². The van der Waals surface area contributed by atoms with Crippen LogP contribution < -0.4 is 15.0 Å². The molecule has 3 aromatic heterocycles. The zero-order valence-corrected chi connectivity index (χ0v) is 23.7. The summed E-state index contributed by atoms with van der Waals surface area (Å²) < 4.78 is 7.98. The molecule has 2 atom stereocenters. The summed E-state index contributed by atoms with van der Waals surface area (Å²) in [6.45, 7) is 4.90. The summed E-state index contributed by atoms with van der Waals surface area (Å²) in [6, 6.07) is 12.5. The normalized spacial score (nSPS) is 27.7. The Bertz CT molecular complexity index is 1390. The van der Waals surface area contributed by atoms with Gasteiger partial charge in [0.1, 0.15) is 11.6 Å². The summed E-state index contributed by atoms with van der Waals surface area (Å²) in [4.78, 5) is 12.2. The molecule has 7 nitrogen and oxygen atoms in total. The highest BCUT2D eigenvalue weighted by atomic mass is 32.1. The van der Waals surface area contributed by atoms with Crippen molar-refractivity contribution in [1.29, 1.82) is 0 Å². The highest BCUT2D eigenvalue weighted by Crippen LogP contribution is 2.93. The second-order valence-electron chi connectivity index (χ2n) is 12.9. The van der Waals surface area contributed by atoms with Crippen LogP contribution in [0.15, 0.2) is 42.6 Å². The molecule has 0 radical (unpaired) electrons. The predicted molar refractivity (Wildman–Crippen MR) is 156 cm³/mol. The second-order valence-corrected chi connectivity index (χ2v) is 13.9. The minimum absolute atomic E-state index is 0.253. The smallest absolute Gasteiger partial charge is 0.233 e. The maximum Gasteiger partial charge on any atom is 0.233 e. The minimum atomic E-state index is -0.253. The Labute approximate surface area is 236 Å². The Morgan fingerprint density at radius 1 is 1.08 bits per heavy atom. The van der Waals surface area contributed by atoms with E-state index < -0.39 is 0 Å². The van der Waals surface area contributed by atoms with Crippen molar-refractivity contribution in [1.82, 2.24) is 19.7 Å². The number of pyridine rings is 2. The molecule has 0 amide bonds. The SMILES string of the molecule is CC1(S)CC2CCCNc3cccc(n3)Cc3ccc(-n4ccc(OCCC5C6(CC6)C56CC6)n4)nc3N1C2. The molecule has 2 unspecified atom stereocenters. The van der Waals surface area contributed by atoms with E-state index >= 15 is 0 Å². The molecule has 1 saturated heterocycles. The highest BCUT2D eigenvalue weighted by molar-refractivity contribution is 7.81. The third-order valence-corrected chi connectivity index (χ3v) is 10.9. The third-order valence-electron chi connectivity index (χ3n) is 10.4. The number of rotatable bonds is 5. The standard InChI is InChI=1S/C31H38N6OS/c1-29(39)19-21-4-3-15-32-25-6-2-5-23(33-25)18-22-7-8-26(34-28(22)36(29)20-21)37-16-9-27(35-37)38-17-10-24-30(11-12-30)31(24)13-14-31/h2,5-9,16,21,24,39H,3-4,10-15,17-20H2,1H3,(H,32,33). The molecule has 4 bridgehead atoms. The molecule has 8 rings (SSSR count). The Morgan fingerprint density at radius 2 is 1.92 bits per heavy atom. The van der Waals surface area contributed by atoms with E-state index in [0.29, 0.717) is 11.8 Å². The van der Waals surface area contributed by atoms with Gasteiger partial charge >= 0.3 is 0 Å². The van der Waals surface area contributed by atoms with Crippen molar-refractivity contribution < 1.29 is 4.74 Å². The number of thiol groups is 1. The van der Waals surface area contributed by atoms with Crippen LogP contribution in [0.25, 0.3) is 5.82 Å². The van der Waals surface area contributed by atoms with E-state index in [1.165, 1.54) is 37.7 Å². The lowest BCUT2D eigenvalue weighted by Crippen LogP contribution is -2.37. The number of hydrogen-bond donors (Lipinski definition) is 2. The fraction of sp³-hybridized carbons (Fsp3) is 0.581. The van der Waals surface area contributed by atoms with Crippen LogP contribution in [-0.4, -0.2) is 44.3 Å². The molecule has 39 heavy (non-hydrogen) atoms. The first-order valence-corrected chi connectivity index (χ1v) is 15.3. The molecule has 1 N–H and O–H groups in total. The quantitative estimate of drug-likeness (QED) is 0.392. The topological polar surface area (TPSA) is 68.1 Å². The van der Waals surface area contributed by atoms with Crippen molar-refractivity contribution in [3.8, 4) is 11.7 Å². The van der Waals surface area contributed by atoms with Gasteiger partial charge in [0.25, 0.3) is 0 Å². The van der Waals surface area contributed by atoms with Crippen LogP contribution in [0.2, 0.25) is 0 Å². The second kappa shape index (κ2) is 8.63. The van der Waals surface area contributed by atoms with Gasteiger partial charge < -0.3 is 15.0 Å². The van der Waals surface area contributed by atoms with Crippen LogP contribution in [-0.2, 0) is 6.42 Å². The Balaban J connectivity index is 1.05. The first kappa shape index (κ1) is 24.1. The fourth-order valence-corrected chi connectivity index (χ4v) is 8.71. The largest absolute Gasteiger partial charge is 0.477 e. The first-order chi connectivity index (χ1) is 19.0. The van der Waals surface area contributed by atoms with Crippen molar-refractivity contribution >= 4 is 24.3 Å². The number of anilines is 2. The molecule has 3 aliphatic carbocycles. The third kappa shape index (κ3) is 4.04. The fourth-order valence-electron chi connectivity index (χ4n) is 8.28. The van der Waals surface area contributed by atoms with E-state index in [0.717, 1.165) is 85.3 Å². The zero-order chi connectivity index (χ0) is 26.2. The maximum absolute atomic E-state index is 6.13. The summed E-state index contributed by atoms with van der Waals surface area (Å²) >= 11 is 5.15. The van der Waals surface area contributed by atoms with Gasteiger partial charge in [0, 0.05) is 43.0 Å². The number of nitrogens with one attached hydrogen (secondary N) is 1. The summed E-state index contributed by atoms with van der Waals surface area (Å²) in [7, 11) is 0. The molecule has 5 heterocycles. The van der Waals surface area contributed by atoms with Crippen molar-refractivity contribution in [2.45, 2.75) is 69.6 Å². The number of fused-ring (bicyclic) bond motifs is 7. The molecule has 2 aliphatic heterocycles. The molecular formula is C31H38N6OS. The van der Waals surface area contributed by atoms with Crippen LogP contribution in [0.1, 0.15) is 69.5 Å². The average molecular weight is 543 g/mol. The highest BCUT2D eigenvalue weighted by Gasteiger charge is 2.85. The summed E-state index contributed by atoms with van der Waals surface area (Å²) in [5.41, 5.74) is 3.68. The Hall–Kier alpha value is -2.74. The molecule has 4 fully saturated rings. The van der Waals surface area contributed by atoms with E-state index in [-0.39, 0.29) is 4.87 Å². The van der Waals surface area contributed by atoms with Crippen LogP contribution in [0.4, 0.5) is 11.6 Å². The van der Waals surface area contributed by atoms with Crippen LogP contribution in [0, 0.1) is 22.7 Å². The van der Waals surface area contributed by atoms with E-state index in [1.807, 2.05) is 16.9 Å². The number of aromatic nitrogens is 4. The van der Waals surface area contributed by atoms with E-state index in [1.54, 1.807) is 0 Å². The number of hydrogen-bond acceptors (Lipinski definition) is 7. The summed E-state index contributed by atoms with van der Waals surface area (Å²) in [5, 5.41) is 8.27. The number of ether oxygens (including phenoxy) is 1. The average Bonchev–Trinajstić information content (AvgIpc) is 3.87. The lowest BCUT2D eigenvalue weighted by Gasteiger charge is -2.33. The van der Waals surface area contributed by atoms with Crippen molar-refractivity contribution in [3.05, 3.63) is 53.9 Å². The van der Waals surface area contributed by atoms with Crippen molar-refractivity contribution in [2.75, 3.05) is 29.9 Å². The monoisotopic (exact) mass is 542 g/mol. The molecule has 0 aromatic carbocycles. The summed E-state index contributed by atoms with van der Waals surface area (Å²) in [6.07, 6.45) is 13.0. The molecule has 5 aliphatic rings. The van der Waals surface area contributed by atoms with Gasteiger partial charge in [-0.2, -0.15) is 12.6 Å². The lowest BCUT2D eigenvalue weighted by atomic mass is 10.0. The van der Waals surface area contributed by atoms with Crippen LogP contribution in [0.3, 0.4) is 0 Å². The number of nitrogens with zero attached hydrogens (tertiary/aromatic N) is 5. The van der Waals surface area contributed by atoms with Crippen molar-refractivity contribution in [3.63, 3.8) is 0 Å². The van der Waals surface area contributed by atoms with E-state index in [4.69, 9.17) is 32.4 Å². The van der Waals surface area contributed by atoms with Gasteiger partial charge in [0.15, 0.2) is 5.82 Å². The van der Waals surface area contributed by atoms with Gasteiger partial charge in [-0.05, 0) is 99.2 Å². The van der Waals surface area contributed by atoms with E-state index in [2.05, 4.69) is 47.5 Å². The first-order valence-electron chi connectivity index (χ1n) is 14.8. The van der Waals surface area contributed by atoms with Gasteiger partial charge in [0.05, 0.1) is 11.5 Å². The lowest BCUT2D eigenvalue weighted by molar-refractivity contribution is 0.283. The molecule has 3 saturated carbocycles. The van der Waals surface area contributed by atoms with Crippen LogP contribution >= 0.6 is 12.6 Å². The molecule has 204 valence electrons. The van der Waals surface area contributed by atoms with Gasteiger partial charge in [-0.3, -0.25) is 0 Å². The summed E-state index contributed by atoms with van der Waals surface area (Å²) in [5.74, 6) is 4.92. The minimum Gasteiger partial charge on any atom is -0.477 e. The van der Waals surface area contributed by atoms with Gasteiger partial charge in [0.2, 0.25) is 5.88 Å². The van der Waals surface area contributed by atoms with E-state index in [9.17, 15) is 0 Å². The Morgan fingerprint density at radius 3 is 2.74 bits per heavy atom. The zero-order valence-electron chi connectivity index (χ0n) is 22.8. The van der Waals surface area contributed by atoms with Gasteiger partial charge in [-0.1, -0.05) is 12.1 Å². The molecular weight excluding hydrogens is 504 g/mol. The molecule has 2 spiro atoms. The maximum atomic E-state index is 6.13. The van der Waals surface area contributed by atoms with Crippen LogP contribution in [0.5, 0.6) is 5.88 Å². The van der Waals surface area contributed by atoms with Crippen molar-refractivity contribution in [2.24, 2.45) is 22.7 Å². The van der Waals surface area contributed by atoms with Gasteiger partial charge in [-0.25, -0.2) is 14.6 Å². The molecule has 8 heteroatoms. The predicted octanol–water partition coefficient (Wildman–Crippen LogP) is 5.89. The Kier molecular flexibility index (Phi) is 5.33. The molecule has 3 aromatic rings.